The van der Waals surface area contributed by atoms with Gasteiger partial charge in [0.25, 0.3) is 5.69 Å². The van der Waals surface area contributed by atoms with Gasteiger partial charge in [0.2, 0.25) is 0 Å². The lowest BCUT2D eigenvalue weighted by atomic mass is 9.82. The molecule has 2 rings (SSSR count). The molecule has 0 radical (unpaired) electrons. The van der Waals surface area contributed by atoms with Gasteiger partial charge in [-0.1, -0.05) is 19.1 Å². The number of carbonyl (C=O) groups is 1. The van der Waals surface area contributed by atoms with Crippen LogP contribution in [-0.4, -0.2) is 23.9 Å². The number of ketones is 1. The number of nitro groups is 1. The fourth-order valence-electron chi connectivity index (χ4n) is 2.01. The minimum Gasteiger partial charge on any atom is -0.380 e. The van der Waals surface area contributed by atoms with Crippen molar-refractivity contribution in [2.45, 2.75) is 19.8 Å². The van der Waals surface area contributed by atoms with E-state index >= 15 is 0 Å². The van der Waals surface area contributed by atoms with Crippen molar-refractivity contribution in [2.24, 2.45) is 5.41 Å². The van der Waals surface area contributed by atoms with Gasteiger partial charge in [-0.15, -0.1) is 0 Å². The molecule has 5 nitrogen and oxygen atoms in total. The zero-order chi connectivity index (χ0) is 13.2. The molecule has 0 saturated carbocycles. The summed E-state index contributed by atoms with van der Waals surface area (Å²) in [5.74, 6) is -0.171. The van der Waals surface area contributed by atoms with Gasteiger partial charge in [0.15, 0.2) is 5.78 Å². The maximum Gasteiger partial charge on any atom is 0.280 e. The van der Waals surface area contributed by atoms with Crippen molar-refractivity contribution in [3.05, 3.63) is 39.9 Å². The maximum atomic E-state index is 12.0. The Morgan fingerprint density at radius 2 is 2.11 bits per heavy atom. The number of ether oxygens (including phenoxy) is 1. The van der Waals surface area contributed by atoms with Crippen molar-refractivity contribution in [3.8, 4) is 0 Å². The molecule has 0 spiro atoms. The van der Waals surface area contributed by atoms with Crippen LogP contribution in [0.5, 0.6) is 0 Å². The van der Waals surface area contributed by atoms with Crippen LogP contribution in [0.25, 0.3) is 0 Å². The molecule has 1 aliphatic rings. The minimum atomic E-state index is -0.512. The predicted octanol–water partition coefficient (Wildman–Crippen LogP) is 2.59. The van der Waals surface area contributed by atoms with Gasteiger partial charge in [-0.2, -0.15) is 0 Å². The average Bonchev–Trinajstić information content (AvgIpc) is 2.33. The fraction of sp³-hybridized carbons (Fsp3) is 0.462. The molecule has 0 N–H and O–H groups in total. The topological polar surface area (TPSA) is 69.4 Å². The van der Waals surface area contributed by atoms with E-state index in [-0.39, 0.29) is 22.4 Å². The van der Waals surface area contributed by atoms with Crippen molar-refractivity contribution >= 4 is 11.5 Å². The molecule has 18 heavy (non-hydrogen) atoms. The van der Waals surface area contributed by atoms with Crippen LogP contribution < -0.4 is 0 Å². The van der Waals surface area contributed by atoms with E-state index < -0.39 is 4.92 Å². The van der Waals surface area contributed by atoms with Crippen molar-refractivity contribution in [1.29, 1.82) is 0 Å². The summed E-state index contributed by atoms with van der Waals surface area (Å²) in [6, 6.07) is 6.09. The summed E-state index contributed by atoms with van der Waals surface area (Å²) < 4.78 is 5.12. The predicted molar refractivity (Wildman–Crippen MR) is 65.6 cm³/mol. The lowest BCUT2D eigenvalue weighted by Crippen LogP contribution is -2.39. The number of hydrogen-bond donors (Lipinski definition) is 0. The second-order valence-corrected chi connectivity index (χ2v) is 5.00. The second kappa shape index (κ2) is 4.86. The molecule has 1 saturated heterocycles. The summed E-state index contributed by atoms with van der Waals surface area (Å²) in [5.41, 5.74) is 0.142. The van der Waals surface area contributed by atoms with E-state index in [1.165, 1.54) is 12.1 Å². The molecule has 1 aromatic rings. The fourth-order valence-corrected chi connectivity index (χ4v) is 2.01. The summed E-state index contributed by atoms with van der Waals surface area (Å²) in [7, 11) is 0. The highest BCUT2D eigenvalue weighted by atomic mass is 16.6. The first-order valence-electron chi connectivity index (χ1n) is 5.86. The average molecular weight is 249 g/mol. The molecule has 0 aromatic heterocycles. The Balaban J connectivity index is 2.06. The molecule has 0 atom stereocenters. The molecule has 96 valence electrons. The highest BCUT2D eigenvalue weighted by molar-refractivity contribution is 5.99. The summed E-state index contributed by atoms with van der Waals surface area (Å²) in [4.78, 5) is 22.3. The lowest BCUT2D eigenvalue weighted by molar-refractivity contribution is -0.385. The molecule has 0 unspecified atom stereocenters. The van der Waals surface area contributed by atoms with Crippen molar-refractivity contribution in [3.63, 3.8) is 0 Å². The van der Waals surface area contributed by atoms with Crippen LogP contribution in [0.3, 0.4) is 0 Å². The molecule has 1 aliphatic heterocycles. The van der Waals surface area contributed by atoms with Gasteiger partial charge in [0, 0.05) is 17.9 Å². The summed E-state index contributed by atoms with van der Waals surface area (Å²) in [6.07, 6.45) is 1.03. The van der Waals surface area contributed by atoms with Crippen molar-refractivity contribution < 1.29 is 14.5 Å². The Kier molecular flexibility index (Phi) is 3.43. The number of benzene rings is 1. The first-order valence-corrected chi connectivity index (χ1v) is 5.86. The maximum absolute atomic E-state index is 12.0. The van der Waals surface area contributed by atoms with Crippen LogP contribution in [0.4, 0.5) is 5.69 Å². The van der Waals surface area contributed by atoms with E-state index in [1.807, 2.05) is 0 Å². The number of carbonyl (C=O) groups excluding carboxylic acids is 1. The lowest BCUT2D eigenvalue weighted by Gasteiger charge is -2.37. The van der Waals surface area contributed by atoms with Gasteiger partial charge < -0.3 is 4.74 Å². The van der Waals surface area contributed by atoms with E-state index in [4.69, 9.17) is 4.74 Å². The summed E-state index contributed by atoms with van der Waals surface area (Å²) >= 11 is 0. The SMILES string of the molecule is CC1(CCC(=O)c2ccccc2[N+](=O)[O-])COC1. The number of Topliss-reactive ketones (excluding diaryl/α,β-unsaturated/α-hetero) is 1. The van der Waals surface area contributed by atoms with Crippen molar-refractivity contribution in [1.82, 2.24) is 0 Å². The second-order valence-electron chi connectivity index (χ2n) is 5.00. The Morgan fingerprint density at radius 1 is 1.44 bits per heavy atom. The van der Waals surface area contributed by atoms with Crippen LogP contribution in [0.15, 0.2) is 24.3 Å². The van der Waals surface area contributed by atoms with E-state index in [9.17, 15) is 14.9 Å². The minimum absolute atomic E-state index is 0.0548. The Morgan fingerprint density at radius 3 is 2.67 bits per heavy atom. The zero-order valence-corrected chi connectivity index (χ0v) is 10.2. The molecular formula is C13H15NO4. The van der Waals surface area contributed by atoms with Gasteiger partial charge in [-0.25, -0.2) is 0 Å². The molecule has 1 heterocycles. The molecule has 0 aliphatic carbocycles. The molecule has 1 aromatic carbocycles. The van der Waals surface area contributed by atoms with Gasteiger partial charge in [-0.05, 0) is 12.5 Å². The number of nitro benzene ring substituents is 1. The van der Waals surface area contributed by atoms with Gasteiger partial charge in [0.1, 0.15) is 0 Å². The highest BCUT2D eigenvalue weighted by Crippen LogP contribution is 2.32. The van der Waals surface area contributed by atoms with E-state index in [0.29, 0.717) is 26.1 Å². The van der Waals surface area contributed by atoms with Gasteiger partial charge in [-0.3, -0.25) is 14.9 Å². The van der Waals surface area contributed by atoms with E-state index in [0.717, 1.165) is 0 Å². The quantitative estimate of drug-likeness (QED) is 0.457. The Bertz CT molecular complexity index is 480. The number of hydrogen-bond acceptors (Lipinski definition) is 4. The van der Waals surface area contributed by atoms with Crippen LogP contribution in [0, 0.1) is 15.5 Å². The highest BCUT2D eigenvalue weighted by Gasteiger charge is 2.34. The van der Waals surface area contributed by atoms with Crippen LogP contribution in [-0.2, 0) is 4.74 Å². The summed E-state index contributed by atoms with van der Waals surface area (Å²) in [5, 5.41) is 10.8. The number of para-hydroxylation sites is 1. The monoisotopic (exact) mass is 249 g/mol. The Hall–Kier alpha value is -1.75. The molecule has 0 amide bonds. The van der Waals surface area contributed by atoms with Crippen LogP contribution in [0.2, 0.25) is 0 Å². The smallest absolute Gasteiger partial charge is 0.280 e. The molecule has 1 fully saturated rings. The van der Waals surface area contributed by atoms with E-state index in [1.54, 1.807) is 12.1 Å². The molecule has 0 bridgehead atoms. The van der Waals surface area contributed by atoms with Gasteiger partial charge >= 0.3 is 0 Å². The largest absolute Gasteiger partial charge is 0.380 e. The first kappa shape index (κ1) is 12.7. The van der Waals surface area contributed by atoms with Crippen LogP contribution >= 0.6 is 0 Å². The standard InChI is InChI=1S/C13H15NO4/c1-13(8-18-9-13)7-6-12(15)10-4-2-3-5-11(10)14(16)17/h2-5H,6-9H2,1H3. The first-order chi connectivity index (χ1) is 8.52. The number of nitrogens with zero attached hydrogens (tertiary/aromatic N) is 1. The third kappa shape index (κ3) is 2.56. The zero-order valence-electron chi connectivity index (χ0n) is 10.2. The third-order valence-electron chi connectivity index (χ3n) is 3.26. The van der Waals surface area contributed by atoms with Crippen LogP contribution in [0.1, 0.15) is 30.1 Å². The van der Waals surface area contributed by atoms with Crippen molar-refractivity contribution in [2.75, 3.05) is 13.2 Å². The normalized spacial score (nSPS) is 16.9. The number of rotatable bonds is 5. The molecule has 5 heteroatoms. The van der Waals surface area contributed by atoms with Gasteiger partial charge in [0.05, 0.1) is 23.7 Å². The summed E-state index contributed by atoms with van der Waals surface area (Å²) in [6.45, 7) is 3.39. The Labute approximate surface area is 105 Å². The molecular weight excluding hydrogens is 234 g/mol. The van der Waals surface area contributed by atoms with E-state index in [2.05, 4.69) is 6.92 Å². The third-order valence-corrected chi connectivity index (χ3v) is 3.26.